The molecule has 0 amide bonds. The second kappa shape index (κ2) is 5.92. The highest BCUT2D eigenvalue weighted by molar-refractivity contribution is 7.98. The predicted octanol–water partition coefficient (Wildman–Crippen LogP) is 4.58. The summed E-state index contributed by atoms with van der Waals surface area (Å²) in [6.45, 7) is 0. The number of hydrogen-bond acceptors (Lipinski definition) is 8. The first-order chi connectivity index (χ1) is 10.2. The monoisotopic (exact) mass is 337 g/mol. The van der Waals surface area contributed by atoms with E-state index in [9.17, 15) is 5.11 Å². The third kappa shape index (κ3) is 2.97. The van der Waals surface area contributed by atoms with Gasteiger partial charge in [0.1, 0.15) is 5.75 Å². The third-order valence-corrected chi connectivity index (χ3v) is 4.17. The number of phenolic OH excluding ortho intramolecular Hbond substituents is 1. The van der Waals surface area contributed by atoms with Crippen LogP contribution in [-0.4, -0.2) is 25.7 Å². The lowest BCUT2D eigenvalue weighted by Gasteiger charge is -1.96. The molecule has 0 spiro atoms. The summed E-state index contributed by atoms with van der Waals surface area (Å²) in [6.07, 6.45) is 3.60. The highest BCUT2D eigenvalue weighted by atomic mass is 35.5. The largest absolute Gasteiger partial charge is 0.506 e. The summed E-state index contributed by atoms with van der Waals surface area (Å²) < 4.78 is 4.23. The molecule has 0 atom stereocenters. The molecule has 21 heavy (non-hydrogen) atoms. The number of azo groups is 1. The second-order valence-corrected chi connectivity index (χ2v) is 5.85. The molecular formula is C12H8ClN5OS2. The Morgan fingerprint density at radius 1 is 1.33 bits per heavy atom. The highest BCUT2D eigenvalue weighted by Gasteiger charge is 2.08. The van der Waals surface area contributed by atoms with Crippen molar-refractivity contribution in [2.45, 2.75) is 5.16 Å². The van der Waals surface area contributed by atoms with E-state index in [0.717, 1.165) is 5.39 Å². The number of halogens is 1. The molecule has 106 valence electrons. The minimum absolute atomic E-state index is 0.0110. The smallest absolute Gasteiger partial charge is 0.189 e. The summed E-state index contributed by atoms with van der Waals surface area (Å²) in [7, 11) is 0. The first-order valence-electron chi connectivity index (χ1n) is 5.74. The van der Waals surface area contributed by atoms with Gasteiger partial charge in [0.2, 0.25) is 0 Å². The van der Waals surface area contributed by atoms with Crippen LogP contribution in [0.2, 0.25) is 5.02 Å². The van der Waals surface area contributed by atoms with Gasteiger partial charge in [0, 0.05) is 6.20 Å². The van der Waals surface area contributed by atoms with Gasteiger partial charge in [-0.15, -0.1) is 10.2 Å². The average molecular weight is 338 g/mol. The maximum atomic E-state index is 9.36. The fraction of sp³-hybridized carbons (Fsp3) is 0.0833. The van der Waals surface area contributed by atoms with Crippen LogP contribution in [-0.2, 0) is 0 Å². The lowest BCUT2D eigenvalue weighted by atomic mass is 10.3. The van der Waals surface area contributed by atoms with E-state index in [4.69, 9.17) is 11.6 Å². The lowest BCUT2D eigenvalue weighted by molar-refractivity contribution is 0.475. The van der Waals surface area contributed by atoms with Gasteiger partial charge in [-0.1, -0.05) is 23.4 Å². The number of aromatic nitrogens is 3. The summed E-state index contributed by atoms with van der Waals surface area (Å²) >= 11 is 8.48. The Morgan fingerprint density at radius 2 is 2.19 bits per heavy atom. The van der Waals surface area contributed by atoms with E-state index < -0.39 is 0 Å². The molecule has 0 radical (unpaired) electrons. The SMILES string of the molecule is CSc1ncc2c(N=Nc3ccc(O)c(Cl)c3)snc2n1. The lowest BCUT2D eigenvalue weighted by Crippen LogP contribution is -1.84. The molecule has 0 aliphatic rings. The number of phenols is 1. The third-order valence-electron chi connectivity index (χ3n) is 2.57. The molecule has 0 fully saturated rings. The molecule has 0 bridgehead atoms. The van der Waals surface area contributed by atoms with Gasteiger partial charge >= 0.3 is 0 Å². The van der Waals surface area contributed by atoms with Gasteiger partial charge in [0.15, 0.2) is 15.8 Å². The van der Waals surface area contributed by atoms with Crippen molar-refractivity contribution in [3.05, 3.63) is 29.4 Å². The fourth-order valence-corrected chi connectivity index (χ4v) is 2.69. The molecule has 1 aromatic carbocycles. The van der Waals surface area contributed by atoms with Crippen LogP contribution in [0.3, 0.4) is 0 Å². The van der Waals surface area contributed by atoms with Crippen molar-refractivity contribution in [2.24, 2.45) is 10.2 Å². The summed E-state index contributed by atoms with van der Waals surface area (Å²) in [5.41, 5.74) is 1.15. The van der Waals surface area contributed by atoms with Gasteiger partial charge < -0.3 is 5.11 Å². The molecule has 1 N–H and O–H groups in total. The minimum atomic E-state index is 0.0110. The molecular weight excluding hydrogens is 330 g/mol. The number of fused-ring (bicyclic) bond motifs is 1. The Hall–Kier alpha value is -1.77. The van der Waals surface area contributed by atoms with Gasteiger partial charge in [0.25, 0.3) is 0 Å². The highest BCUT2D eigenvalue weighted by Crippen LogP contribution is 2.33. The molecule has 0 aliphatic carbocycles. The van der Waals surface area contributed by atoms with E-state index in [0.29, 0.717) is 21.5 Å². The average Bonchev–Trinajstić information content (AvgIpc) is 2.90. The summed E-state index contributed by atoms with van der Waals surface area (Å²) in [5.74, 6) is 0.0110. The second-order valence-electron chi connectivity index (χ2n) is 3.92. The zero-order valence-corrected chi connectivity index (χ0v) is 13.1. The number of nitrogens with zero attached hydrogens (tertiary/aromatic N) is 5. The van der Waals surface area contributed by atoms with Gasteiger partial charge in [-0.25, -0.2) is 9.97 Å². The number of rotatable bonds is 3. The van der Waals surface area contributed by atoms with Crippen molar-refractivity contribution in [1.82, 2.24) is 14.3 Å². The van der Waals surface area contributed by atoms with Crippen molar-refractivity contribution in [2.75, 3.05) is 6.26 Å². The number of thioether (sulfide) groups is 1. The van der Waals surface area contributed by atoms with Crippen molar-refractivity contribution >= 4 is 56.6 Å². The fourth-order valence-electron chi connectivity index (χ4n) is 1.54. The van der Waals surface area contributed by atoms with E-state index in [2.05, 4.69) is 24.6 Å². The molecule has 2 heterocycles. The Morgan fingerprint density at radius 3 is 2.95 bits per heavy atom. The van der Waals surface area contributed by atoms with Crippen molar-refractivity contribution in [3.8, 4) is 5.75 Å². The Labute approximate surface area is 133 Å². The molecule has 3 aromatic rings. The van der Waals surface area contributed by atoms with E-state index in [1.54, 1.807) is 12.3 Å². The molecule has 0 unspecified atom stereocenters. The Kier molecular flexibility index (Phi) is 4.00. The maximum absolute atomic E-state index is 9.36. The van der Waals surface area contributed by atoms with Crippen LogP contribution in [0, 0.1) is 0 Å². The van der Waals surface area contributed by atoms with Crippen molar-refractivity contribution < 1.29 is 5.11 Å². The predicted molar refractivity (Wildman–Crippen MR) is 84.3 cm³/mol. The molecule has 3 rings (SSSR count). The molecule has 9 heteroatoms. The normalized spacial score (nSPS) is 11.5. The van der Waals surface area contributed by atoms with Gasteiger partial charge in [-0.05, 0) is 36.0 Å². The first kappa shape index (κ1) is 14.2. The quantitative estimate of drug-likeness (QED) is 0.429. The van der Waals surface area contributed by atoms with Crippen molar-refractivity contribution in [1.29, 1.82) is 0 Å². The van der Waals surface area contributed by atoms with Crippen LogP contribution >= 0.6 is 34.9 Å². The summed E-state index contributed by atoms with van der Waals surface area (Å²) in [5, 5.41) is 19.9. The van der Waals surface area contributed by atoms with Crippen molar-refractivity contribution in [3.63, 3.8) is 0 Å². The number of benzene rings is 1. The summed E-state index contributed by atoms with van der Waals surface area (Å²) in [4.78, 5) is 8.49. The first-order valence-corrected chi connectivity index (χ1v) is 8.11. The Balaban J connectivity index is 1.93. The molecule has 2 aromatic heterocycles. The van der Waals surface area contributed by atoms with E-state index in [1.807, 2.05) is 6.26 Å². The van der Waals surface area contributed by atoms with Crippen LogP contribution in [0.25, 0.3) is 11.0 Å². The van der Waals surface area contributed by atoms with Crippen LogP contribution < -0.4 is 0 Å². The zero-order valence-electron chi connectivity index (χ0n) is 10.7. The molecule has 0 aliphatic heterocycles. The number of aromatic hydroxyl groups is 1. The zero-order chi connectivity index (χ0) is 14.8. The van der Waals surface area contributed by atoms with Crippen LogP contribution in [0.1, 0.15) is 0 Å². The minimum Gasteiger partial charge on any atom is -0.506 e. The van der Waals surface area contributed by atoms with Crippen LogP contribution in [0.5, 0.6) is 5.75 Å². The van der Waals surface area contributed by atoms with Gasteiger partial charge in [-0.2, -0.15) is 4.37 Å². The van der Waals surface area contributed by atoms with Crippen LogP contribution in [0.4, 0.5) is 10.7 Å². The molecule has 6 nitrogen and oxygen atoms in total. The van der Waals surface area contributed by atoms with Gasteiger partial charge in [0.05, 0.1) is 16.1 Å². The topological polar surface area (TPSA) is 83.6 Å². The van der Waals surface area contributed by atoms with Gasteiger partial charge in [-0.3, -0.25) is 0 Å². The molecule has 0 saturated carbocycles. The van der Waals surface area contributed by atoms with E-state index in [-0.39, 0.29) is 10.8 Å². The maximum Gasteiger partial charge on any atom is 0.189 e. The Bertz CT molecular complexity index is 836. The molecule has 0 saturated heterocycles. The summed E-state index contributed by atoms with van der Waals surface area (Å²) in [6, 6.07) is 4.62. The standard InChI is InChI=1S/C12H8ClN5OS2/c1-20-12-14-5-7-10(15-12)18-21-11(7)17-16-6-2-3-9(19)8(13)4-6/h2-5,19H,1H3. The van der Waals surface area contributed by atoms with E-state index >= 15 is 0 Å². The van der Waals surface area contributed by atoms with E-state index in [1.165, 1.54) is 35.4 Å². The van der Waals surface area contributed by atoms with Crippen LogP contribution in [0.15, 0.2) is 39.8 Å². The number of hydrogen-bond donors (Lipinski definition) is 1.